The Morgan fingerprint density at radius 1 is 1.19 bits per heavy atom. The lowest BCUT2D eigenvalue weighted by Crippen LogP contribution is -2.48. The summed E-state index contributed by atoms with van der Waals surface area (Å²) in [7, 11) is 0.0431. The molecule has 1 fully saturated rings. The number of likely N-dealkylation sites (tertiary alicyclic amines) is 1. The quantitative estimate of drug-likeness (QED) is 0.336. The van der Waals surface area contributed by atoms with Crippen molar-refractivity contribution in [2.75, 3.05) is 18.7 Å². The largest absolute Gasteiger partial charge is 0.444 e. The fourth-order valence-corrected chi connectivity index (χ4v) is 4.73. The summed E-state index contributed by atoms with van der Waals surface area (Å²) in [4.78, 5) is 52.0. The highest BCUT2D eigenvalue weighted by Gasteiger charge is 2.38. The Bertz CT molecular complexity index is 1240. The molecule has 198 valence electrons. The minimum absolute atomic E-state index is 0.0530. The molecular formula is C24H35FN4O6Si. The molecule has 3 rings (SSSR count). The van der Waals surface area contributed by atoms with Crippen LogP contribution in [0.1, 0.15) is 39.7 Å². The van der Waals surface area contributed by atoms with E-state index < -0.39 is 43.2 Å². The van der Waals surface area contributed by atoms with E-state index in [0.717, 1.165) is 15.5 Å². The predicted octanol–water partition coefficient (Wildman–Crippen LogP) is 3.83. The molecule has 0 spiro atoms. The molecule has 0 bridgehead atoms. The number of carbonyl (C=O) groups excluding carboxylic acids is 3. The number of imidazole rings is 1. The molecule has 0 radical (unpaired) electrons. The lowest BCUT2D eigenvalue weighted by atomic mass is 10.0. The number of carbonyl (C=O) groups is 3. The molecule has 1 atom stereocenters. The minimum atomic E-state index is -1.34. The maximum absolute atomic E-state index is 15.4. The number of aryl methyl sites for hydroxylation is 1. The Morgan fingerprint density at radius 3 is 2.47 bits per heavy atom. The molecular weight excluding hydrogens is 487 g/mol. The van der Waals surface area contributed by atoms with Gasteiger partial charge < -0.3 is 9.47 Å². The van der Waals surface area contributed by atoms with E-state index in [0.29, 0.717) is 6.61 Å². The van der Waals surface area contributed by atoms with Crippen molar-refractivity contribution in [2.24, 2.45) is 7.05 Å². The summed E-state index contributed by atoms with van der Waals surface area (Å²) >= 11 is 0. The van der Waals surface area contributed by atoms with Gasteiger partial charge in [0.25, 0.3) is 5.91 Å². The molecule has 1 saturated heterocycles. The van der Waals surface area contributed by atoms with Crippen molar-refractivity contribution < 1.29 is 28.2 Å². The minimum Gasteiger partial charge on any atom is -0.444 e. The molecule has 1 aliphatic rings. The van der Waals surface area contributed by atoms with Crippen molar-refractivity contribution in [1.82, 2.24) is 14.0 Å². The van der Waals surface area contributed by atoms with Crippen LogP contribution in [0.2, 0.25) is 25.7 Å². The molecule has 36 heavy (non-hydrogen) atoms. The molecule has 0 aliphatic carbocycles. The highest BCUT2D eigenvalue weighted by Crippen LogP contribution is 2.30. The van der Waals surface area contributed by atoms with Gasteiger partial charge in [-0.25, -0.2) is 14.0 Å². The topological polar surface area (TPSA) is 112 Å². The van der Waals surface area contributed by atoms with Gasteiger partial charge >= 0.3 is 11.8 Å². The van der Waals surface area contributed by atoms with Gasteiger partial charge in [0.05, 0.1) is 11.2 Å². The van der Waals surface area contributed by atoms with Crippen LogP contribution in [-0.4, -0.2) is 59.0 Å². The molecule has 0 saturated carbocycles. The normalized spacial score (nSPS) is 17.1. The van der Waals surface area contributed by atoms with E-state index in [2.05, 4.69) is 25.0 Å². The van der Waals surface area contributed by atoms with Crippen LogP contribution < -0.4 is 11.0 Å². The average molecular weight is 523 g/mol. The number of halogens is 1. The van der Waals surface area contributed by atoms with Gasteiger partial charge in [0, 0.05) is 28.1 Å². The Hall–Kier alpha value is -2.99. The first kappa shape index (κ1) is 27.6. The Kier molecular flexibility index (Phi) is 7.79. The van der Waals surface area contributed by atoms with E-state index in [1.807, 2.05) is 0 Å². The van der Waals surface area contributed by atoms with Gasteiger partial charge in [-0.2, -0.15) is 0 Å². The number of benzene rings is 1. The highest BCUT2D eigenvalue weighted by atomic mass is 28.3. The van der Waals surface area contributed by atoms with Gasteiger partial charge in [0.2, 0.25) is 5.91 Å². The van der Waals surface area contributed by atoms with Crippen molar-refractivity contribution in [3.8, 4) is 0 Å². The summed E-state index contributed by atoms with van der Waals surface area (Å²) < 4.78 is 28.5. The first-order valence-electron chi connectivity index (χ1n) is 11.9. The number of nitrogens with one attached hydrogen (secondary N) is 1. The zero-order valence-corrected chi connectivity index (χ0v) is 22.9. The first-order chi connectivity index (χ1) is 16.6. The summed E-state index contributed by atoms with van der Waals surface area (Å²) in [5.74, 6) is -1.76. The van der Waals surface area contributed by atoms with E-state index in [1.54, 1.807) is 20.8 Å². The number of ether oxygens (including phenoxy) is 2. The zero-order valence-electron chi connectivity index (χ0n) is 21.9. The van der Waals surface area contributed by atoms with Crippen LogP contribution in [-0.2, 0) is 26.1 Å². The van der Waals surface area contributed by atoms with E-state index in [1.165, 1.54) is 23.7 Å². The molecule has 2 heterocycles. The Labute approximate surface area is 210 Å². The number of piperidine rings is 1. The SMILES string of the molecule is Cn1c(=O)n(C2CCC(=O)N(COCC[Si](C)(C)C)C2=O)c2ccc(NC(=O)OC(C)(C)C)c(F)c21. The smallest absolute Gasteiger partial charge is 0.412 e. The number of rotatable bonds is 7. The van der Waals surface area contributed by atoms with Gasteiger partial charge in [-0.15, -0.1) is 0 Å². The standard InChI is InChI=1S/C24H35FN4O6Si/c1-24(2,3)35-22(32)26-15-8-9-16-20(19(15)25)27(4)23(33)29(16)17-10-11-18(30)28(21(17)31)14-34-12-13-36(5,6)7/h8-9,17H,10-14H2,1-7H3,(H,26,32). The van der Waals surface area contributed by atoms with Crippen molar-refractivity contribution >= 4 is 42.7 Å². The van der Waals surface area contributed by atoms with Crippen LogP contribution >= 0.6 is 0 Å². The summed E-state index contributed by atoms with van der Waals surface area (Å²) in [5.41, 5.74) is -1.43. The number of aromatic nitrogens is 2. The summed E-state index contributed by atoms with van der Waals surface area (Å²) in [6.45, 7) is 11.9. The number of hydrogen-bond donors (Lipinski definition) is 1. The van der Waals surface area contributed by atoms with Gasteiger partial charge in [-0.05, 0) is 45.4 Å². The second kappa shape index (κ2) is 10.2. The predicted molar refractivity (Wildman–Crippen MR) is 136 cm³/mol. The fourth-order valence-electron chi connectivity index (χ4n) is 3.97. The molecule has 1 unspecified atom stereocenters. The van der Waals surface area contributed by atoms with Crippen LogP contribution in [0.4, 0.5) is 14.9 Å². The molecule has 1 aromatic carbocycles. The fraction of sp³-hybridized carbons (Fsp3) is 0.583. The number of anilines is 1. The van der Waals surface area contributed by atoms with Crippen LogP contribution in [0, 0.1) is 5.82 Å². The number of fused-ring (bicyclic) bond motifs is 1. The van der Waals surface area contributed by atoms with E-state index in [4.69, 9.17) is 9.47 Å². The summed E-state index contributed by atoms with van der Waals surface area (Å²) in [6.07, 6.45) is -0.671. The second-order valence-corrected chi connectivity index (χ2v) is 16.8. The number of hydrogen-bond acceptors (Lipinski definition) is 6. The molecule has 3 amide bonds. The highest BCUT2D eigenvalue weighted by molar-refractivity contribution is 6.76. The molecule has 2 aromatic rings. The Morgan fingerprint density at radius 2 is 1.86 bits per heavy atom. The van der Waals surface area contributed by atoms with E-state index in [9.17, 15) is 19.2 Å². The van der Waals surface area contributed by atoms with E-state index in [-0.39, 0.29) is 42.2 Å². The Balaban J connectivity index is 1.89. The van der Waals surface area contributed by atoms with Gasteiger partial charge in [-0.1, -0.05) is 19.6 Å². The third kappa shape index (κ3) is 6.04. The van der Waals surface area contributed by atoms with Gasteiger partial charge in [0.15, 0.2) is 5.82 Å². The van der Waals surface area contributed by atoms with Gasteiger partial charge in [-0.3, -0.25) is 28.9 Å². The first-order valence-corrected chi connectivity index (χ1v) is 15.6. The maximum Gasteiger partial charge on any atom is 0.412 e. The van der Waals surface area contributed by atoms with Crippen molar-refractivity contribution in [3.63, 3.8) is 0 Å². The lowest BCUT2D eigenvalue weighted by Gasteiger charge is -2.31. The van der Waals surface area contributed by atoms with Crippen LogP contribution in [0.5, 0.6) is 0 Å². The molecule has 1 aromatic heterocycles. The van der Waals surface area contributed by atoms with Crippen LogP contribution in [0.25, 0.3) is 11.0 Å². The van der Waals surface area contributed by atoms with Crippen molar-refractivity contribution in [1.29, 1.82) is 0 Å². The number of amides is 3. The van der Waals surface area contributed by atoms with Gasteiger partial charge in [0.1, 0.15) is 23.9 Å². The third-order valence-corrected chi connectivity index (χ3v) is 7.53. The molecule has 12 heteroatoms. The molecule has 1 N–H and O–H groups in total. The summed E-state index contributed by atoms with van der Waals surface area (Å²) in [5, 5.41) is 2.36. The average Bonchev–Trinajstić information content (AvgIpc) is 2.98. The maximum atomic E-state index is 15.4. The summed E-state index contributed by atoms with van der Waals surface area (Å²) in [6, 6.07) is 2.68. The van der Waals surface area contributed by atoms with Crippen LogP contribution in [0.3, 0.4) is 0 Å². The van der Waals surface area contributed by atoms with Crippen molar-refractivity contribution in [2.45, 2.75) is 70.9 Å². The molecule has 1 aliphatic heterocycles. The number of imide groups is 1. The zero-order chi connectivity index (χ0) is 27.0. The number of nitrogens with zero attached hydrogens (tertiary/aromatic N) is 3. The molecule has 10 nitrogen and oxygen atoms in total. The monoisotopic (exact) mass is 522 g/mol. The van der Waals surface area contributed by atoms with E-state index >= 15 is 4.39 Å². The second-order valence-electron chi connectivity index (χ2n) is 11.2. The van der Waals surface area contributed by atoms with Crippen LogP contribution in [0.15, 0.2) is 16.9 Å². The lowest BCUT2D eigenvalue weighted by molar-refractivity contribution is -0.157. The third-order valence-electron chi connectivity index (χ3n) is 5.83. The van der Waals surface area contributed by atoms with Crippen molar-refractivity contribution in [3.05, 3.63) is 28.4 Å².